The van der Waals surface area contributed by atoms with Crippen molar-refractivity contribution in [2.24, 2.45) is 0 Å². The quantitative estimate of drug-likeness (QED) is 0.840. The smallest absolute Gasteiger partial charge is 0.243 e. The van der Waals surface area contributed by atoms with Gasteiger partial charge in [0.25, 0.3) is 0 Å². The van der Waals surface area contributed by atoms with E-state index in [1.807, 2.05) is 6.07 Å². The first-order valence-corrected chi connectivity index (χ1v) is 5.89. The predicted octanol–water partition coefficient (Wildman–Crippen LogP) is 2.51. The monoisotopic (exact) mass is 277 g/mol. The highest BCUT2D eigenvalue weighted by molar-refractivity contribution is 9.11. The first-order valence-electron chi connectivity index (χ1n) is 4.28. The fraction of sp³-hybridized carbons (Fsp3) is 0.444. The summed E-state index contributed by atoms with van der Waals surface area (Å²) < 4.78 is 1.13. The van der Waals surface area contributed by atoms with E-state index < -0.39 is 0 Å². The fourth-order valence-electron chi connectivity index (χ4n) is 1.07. The van der Waals surface area contributed by atoms with Crippen molar-refractivity contribution >= 4 is 33.2 Å². The van der Waals surface area contributed by atoms with Gasteiger partial charge in [-0.05, 0) is 40.9 Å². The molecule has 0 aliphatic heterocycles. The summed E-state index contributed by atoms with van der Waals surface area (Å²) >= 11 is 5.10. The van der Waals surface area contributed by atoms with E-state index in [2.05, 4.69) is 32.3 Å². The van der Waals surface area contributed by atoms with Crippen LogP contribution in [0.2, 0.25) is 0 Å². The number of hydrogen-bond donors (Lipinski definition) is 1. The predicted molar refractivity (Wildman–Crippen MR) is 60.1 cm³/mol. The second kappa shape index (κ2) is 6.16. The molecule has 0 fully saturated rings. The fourth-order valence-corrected chi connectivity index (χ4v) is 2.60. The van der Waals surface area contributed by atoms with Gasteiger partial charge in [0.1, 0.15) is 0 Å². The number of hydrogen-bond acceptors (Lipinski definition) is 3. The molecule has 0 aliphatic carbocycles. The van der Waals surface area contributed by atoms with Gasteiger partial charge < -0.3 is 0 Å². The molecule has 5 heteroatoms. The van der Waals surface area contributed by atoms with E-state index in [1.165, 1.54) is 12.0 Å². The molecule has 0 unspecified atom stereocenters. The Kier molecular flexibility index (Phi) is 5.14. The van der Waals surface area contributed by atoms with Crippen LogP contribution in [-0.2, 0) is 16.1 Å². The standard InChI is InChI=1S/C9H12BrNO2S/c1-13-11-9(12)4-2-3-7-5-6-8(10)14-7/h5-6H,2-4H2,1H3,(H,11,12). The molecule has 3 nitrogen and oxygen atoms in total. The van der Waals surface area contributed by atoms with Gasteiger partial charge in [-0.2, -0.15) is 0 Å². The number of thiophene rings is 1. The van der Waals surface area contributed by atoms with Crippen LogP contribution < -0.4 is 5.48 Å². The summed E-state index contributed by atoms with van der Waals surface area (Å²) in [5.41, 5.74) is 2.29. The number of carbonyl (C=O) groups excluding carboxylic acids is 1. The average molecular weight is 278 g/mol. The van der Waals surface area contributed by atoms with E-state index in [-0.39, 0.29) is 5.91 Å². The zero-order valence-electron chi connectivity index (χ0n) is 7.88. The van der Waals surface area contributed by atoms with Crippen LogP contribution in [-0.4, -0.2) is 13.0 Å². The van der Waals surface area contributed by atoms with Gasteiger partial charge in [0.2, 0.25) is 5.91 Å². The van der Waals surface area contributed by atoms with Crippen LogP contribution in [0.1, 0.15) is 17.7 Å². The number of rotatable bonds is 5. The Hall–Kier alpha value is -0.390. The molecule has 0 saturated carbocycles. The zero-order chi connectivity index (χ0) is 10.4. The van der Waals surface area contributed by atoms with Crippen molar-refractivity contribution in [1.82, 2.24) is 5.48 Å². The van der Waals surface area contributed by atoms with Gasteiger partial charge in [0.05, 0.1) is 10.9 Å². The molecule has 0 saturated heterocycles. The molecule has 14 heavy (non-hydrogen) atoms. The highest BCUT2D eigenvalue weighted by atomic mass is 79.9. The van der Waals surface area contributed by atoms with E-state index in [9.17, 15) is 4.79 Å². The maximum atomic E-state index is 11.0. The van der Waals surface area contributed by atoms with Crippen LogP contribution in [0.25, 0.3) is 0 Å². The maximum absolute atomic E-state index is 11.0. The normalized spacial score (nSPS) is 10.1. The second-order valence-corrected chi connectivity index (χ2v) is 5.34. The number of carbonyl (C=O) groups is 1. The van der Waals surface area contributed by atoms with E-state index in [0.717, 1.165) is 16.6 Å². The van der Waals surface area contributed by atoms with Crippen molar-refractivity contribution in [1.29, 1.82) is 0 Å². The molecule has 1 aromatic rings. The number of amides is 1. The molecular formula is C9H12BrNO2S. The summed E-state index contributed by atoms with van der Waals surface area (Å²) in [6, 6.07) is 4.10. The van der Waals surface area contributed by atoms with Crippen molar-refractivity contribution in [2.75, 3.05) is 7.11 Å². The van der Waals surface area contributed by atoms with E-state index in [0.29, 0.717) is 6.42 Å². The van der Waals surface area contributed by atoms with Gasteiger partial charge in [-0.3, -0.25) is 9.63 Å². The van der Waals surface area contributed by atoms with Crippen molar-refractivity contribution in [3.8, 4) is 0 Å². The number of aryl methyl sites for hydroxylation is 1. The topological polar surface area (TPSA) is 38.3 Å². The van der Waals surface area contributed by atoms with Gasteiger partial charge in [-0.25, -0.2) is 5.48 Å². The molecule has 1 rings (SSSR count). The summed E-state index contributed by atoms with van der Waals surface area (Å²) in [5, 5.41) is 0. The van der Waals surface area contributed by atoms with Gasteiger partial charge in [0, 0.05) is 11.3 Å². The minimum atomic E-state index is -0.0666. The number of hydroxylamine groups is 1. The van der Waals surface area contributed by atoms with Crippen molar-refractivity contribution in [3.63, 3.8) is 0 Å². The molecule has 0 aliphatic rings. The molecule has 1 N–H and O–H groups in total. The minimum absolute atomic E-state index is 0.0666. The molecular weight excluding hydrogens is 266 g/mol. The lowest BCUT2D eigenvalue weighted by Gasteiger charge is -2.00. The van der Waals surface area contributed by atoms with Crippen molar-refractivity contribution in [3.05, 3.63) is 20.8 Å². The average Bonchev–Trinajstić information content (AvgIpc) is 2.52. The van der Waals surface area contributed by atoms with Crippen LogP contribution >= 0.6 is 27.3 Å². The number of nitrogens with one attached hydrogen (secondary N) is 1. The minimum Gasteiger partial charge on any atom is -0.277 e. The summed E-state index contributed by atoms with van der Waals surface area (Å²) in [7, 11) is 1.44. The highest BCUT2D eigenvalue weighted by Crippen LogP contribution is 2.23. The van der Waals surface area contributed by atoms with Gasteiger partial charge in [-0.15, -0.1) is 11.3 Å². The first kappa shape index (κ1) is 11.7. The van der Waals surface area contributed by atoms with Crippen LogP contribution in [0.5, 0.6) is 0 Å². The van der Waals surface area contributed by atoms with E-state index >= 15 is 0 Å². The third kappa shape index (κ3) is 4.21. The van der Waals surface area contributed by atoms with Gasteiger partial charge >= 0.3 is 0 Å². The maximum Gasteiger partial charge on any atom is 0.243 e. The second-order valence-electron chi connectivity index (χ2n) is 2.79. The third-order valence-corrected chi connectivity index (χ3v) is 3.36. The lowest BCUT2D eigenvalue weighted by atomic mass is 10.2. The Morgan fingerprint density at radius 1 is 1.64 bits per heavy atom. The molecule has 0 radical (unpaired) electrons. The van der Waals surface area contributed by atoms with Crippen molar-refractivity contribution in [2.45, 2.75) is 19.3 Å². The van der Waals surface area contributed by atoms with E-state index in [4.69, 9.17) is 0 Å². The van der Waals surface area contributed by atoms with Crippen LogP contribution in [0, 0.1) is 0 Å². The van der Waals surface area contributed by atoms with Crippen LogP contribution in [0.3, 0.4) is 0 Å². The number of halogens is 1. The summed E-state index contributed by atoms with van der Waals surface area (Å²) in [4.78, 5) is 16.8. The van der Waals surface area contributed by atoms with Gasteiger partial charge in [-0.1, -0.05) is 0 Å². The molecule has 1 heterocycles. The molecule has 0 spiro atoms. The highest BCUT2D eigenvalue weighted by Gasteiger charge is 2.02. The Morgan fingerprint density at radius 3 is 3.00 bits per heavy atom. The molecule has 0 atom stereocenters. The molecule has 1 aromatic heterocycles. The summed E-state index contributed by atoms with van der Waals surface area (Å²) in [6.45, 7) is 0. The first-order chi connectivity index (χ1) is 6.72. The molecule has 1 amide bonds. The Bertz CT molecular complexity index is 301. The largest absolute Gasteiger partial charge is 0.277 e. The molecule has 0 bridgehead atoms. The van der Waals surface area contributed by atoms with Crippen molar-refractivity contribution < 1.29 is 9.63 Å². The molecule has 78 valence electrons. The third-order valence-electron chi connectivity index (χ3n) is 1.67. The summed E-state index contributed by atoms with van der Waals surface area (Å²) in [6.07, 6.45) is 2.29. The molecule has 0 aromatic carbocycles. The van der Waals surface area contributed by atoms with Crippen LogP contribution in [0.15, 0.2) is 15.9 Å². The Balaban J connectivity index is 2.18. The lowest BCUT2D eigenvalue weighted by molar-refractivity contribution is -0.131. The van der Waals surface area contributed by atoms with Crippen LogP contribution in [0.4, 0.5) is 0 Å². The Labute approximate surface area is 95.5 Å². The lowest BCUT2D eigenvalue weighted by Crippen LogP contribution is -2.21. The SMILES string of the molecule is CONC(=O)CCCc1ccc(Br)s1. The Morgan fingerprint density at radius 2 is 2.43 bits per heavy atom. The summed E-state index contributed by atoms with van der Waals surface area (Å²) in [5.74, 6) is -0.0666. The van der Waals surface area contributed by atoms with Gasteiger partial charge in [0.15, 0.2) is 0 Å². The zero-order valence-corrected chi connectivity index (χ0v) is 10.3. The van der Waals surface area contributed by atoms with E-state index in [1.54, 1.807) is 11.3 Å².